The zero-order valence-electron chi connectivity index (χ0n) is 20.9. The topological polar surface area (TPSA) is 204 Å². The quantitative estimate of drug-likeness (QED) is 0.115. The molecule has 0 radical (unpaired) electrons. The lowest BCUT2D eigenvalue weighted by atomic mass is 9.84. The van der Waals surface area contributed by atoms with Crippen LogP contribution in [0.5, 0.6) is 0 Å². The molecule has 36 heavy (non-hydrogen) atoms. The Labute approximate surface area is 217 Å². The van der Waals surface area contributed by atoms with Crippen LogP contribution in [0.1, 0.15) is 68.8 Å². The summed E-state index contributed by atoms with van der Waals surface area (Å²) in [6.45, 7) is 3.11. The first-order valence-electron chi connectivity index (χ1n) is 12.5. The summed E-state index contributed by atoms with van der Waals surface area (Å²) in [6.07, 6.45) is 6.79. The van der Waals surface area contributed by atoms with Gasteiger partial charge in [0.15, 0.2) is 28.4 Å². The molecule has 0 saturated heterocycles. The molecule has 2 atom stereocenters. The highest BCUT2D eigenvalue weighted by Gasteiger charge is 2.22. The van der Waals surface area contributed by atoms with Crippen molar-refractivity contribution in [1.82, 2.24) is 15.3 Å². The number of rotatable bonds is 14. The van der Waals surface area contributed by atoms with Crippen molar-refractivity contribution in [3.8, 4) is 0 Å². The van der Waals surface area contributed by atoms with Crippen LogP contribution in [0.2, 0.25) is 5.15 Å². The number of nitrogen functional groups attached to an aromatic ring is 2. The standard InChI is InChI=1S/C23H40ClN7O5/c1-2-15(32)11-35-12-16(33)13-36-17-8-6-14(7-9-17)5-3-4-10-28-23(27)31-22(34)18-20(25)30-21(26)19(24)29-18/h14-17,32-33H,2-13H2,1H3,(H4,25,26,30)(H3,27,28,31,34). The van der Waals surface area contributed by atoms with E-state index in [1.165, 1.54) is 0 Å². The summed E-state index contributed by atoms with van der Waals surface area (Å²) in [5, 5.41) is 22.2. The first-order valence-corrected chi connectivity index (χ1v) is 12.8. The third kappa shape index (κ3) is 10.8. The van der Waals surface area contributed by atoms with Crippen LogP contribution >= 0.6 is 11.6 Å². The molecule has 9 N–H and O–H groups in total. The highest BCUT2D eigenvalue weighted by Crippen LogP contribution is 2.29. The van der Waals surface area contributed by atoms with Gasteiger partial charge in [-0.1, -0.05) is 31.4 Å². The predicted molar refractivity (Wildman–Crippen MR) is 138 cm³/mol. The third-order valence-electron chi connectivity index (χ3n) is 6.08. The minimum atomic E-state index is -0.749. The van der Waals surface area contributed by atoms with Crippen molar-refractivity contribution in [2.45, 2.75) is 76.6 Å². The van der Waals surface area contributed by atoms with E-state index >= 15 is 0 Å². The Balaban J connectivity index is 1.56. The van der Waals surface area contributed by atoms with Crippen LogP contribution in [0, 0.1) is 5.92 Å². The van der Waals surface area contributed by atoms with Crippen molar-refractivity contribution in [2.75, 3.05) is 37.8 Å². The minimum absolute atomic E-state index is 0.0269. The smallest absolute Gasteiger partial charge is 0.302 e. The van der Waals surface area contributed by atoms with Crippen LogP contribution in [-0.2, 0) is 9.47 Å². The van der Waals surface area contributed by atoms with Crippen molar-refractivity contribution >= 4 is 35.1 Å². The van der Waals surface area contributed by atoms with Crippen LogP contribution in [0.4, 0.5) is 11.6 Å². The van der Waals surface area contributed by atoms with E-state index in [1.54, 1.807) is 0 Å². The number of nitrogens with one attached hydrogen (secondary N) is 1. The Kier molecular flexibility index (Phi) is 13.1. The fraction of sp³-hybridized carbons (Fsp3) is 0.739. The Morgan fingerprint density at radius 3 is 2.50 bits per heavy atom. The Bertz CT molecular complexity index is 852. The number of anilines is 2. The molecule has 0 bridgehead atoms. The summed E-state index contributed by atoms with van der Waals surface area (Å²) in [5.41, 5.74) is 16.7. The fourth-order valence-corrected chi connectivity index (χ4v) is 4.04. The summed E-state index contributed by atoms with van der Waals surface area (Å²) < 4.78 is 11.1. The second-order valence-corrected chi connectivity index (χ2v) is 9.45. The lowest BCUT2D eigenvalue weighted by molar-refractivity contribution is -0.0663. The molecule has 12 nitrogen and oxygen atoms in total. The van der Waals surface area contributed by atoms with E-state index in [9.17, 15) is 15.0 Å². The number of ether oxygens (including phenoxy) is 2. The van der Waals surface area contributed by atoms with Gasteiger partial charge in [0.2, 0.25) is 0 Å². The van der Waals surface area contributed by atoms with Gasteiger partial charge in [-0.15, -0.1) is 0 Å². The second kappa shape index (κ2) is 15.8. The largest absolute Gasteiger partial charge is 0.391 e. The molecule has 204 valence electrons. The molecule has 1 saturated carbocycles. The van der Waals surface area contributed by atoms with Gasteiger partial charge in [-0.05, 0) is 44.4 Å². The molecule has 2 unspecified atom stereocenters. The zero-order valence-corrected chi connectivity index (χ0v) is 21.6. The van der Waals surface area contributed by atoms with Crippen molar-refractivity contribution < 1.29 is 24.5 Å². The predicted octanol–water partition coefficient (Wildman–Crippen LogP) is 1.23. The Hall–Kier alpha value is -2.25. The summed E-state index contributed by atoms with van der Waals surface area (Å²) in [6, 6.07) is 0. The van der Waals surface area contributed by atoms with Crippen LogP contribution in [-0.4, -0.2) is 76.7 Å². The normalized spacial score (nSPS) is 20.2. The second-order valence-electron chi connectivity index (χ2n) is 9.09. The minimum Gasteiger partial charge on any atom is -0.391 e. The molecule has 0 aliphatic heterocycles. The number of carbonyl (C=O) groups excluding carboxylic acids is 1. The zero-order chi connectivity index (χ0) is 26.5. The summed E-state index contributed by atoms with van der Waals surface area (Å²) in [5.74, 6) is -0.349. The summed E-state index contributed by atoms with van der Waals surface area (Å²) in [7, 11) is 0. The molecule has 1 aromatic heterocycles. The van der Waals surface area contributed by atoms with E-state index in [2.05, 4.69) is 20.3 Å². The maximum atomic E-state index is 12.2. The number of guanidine groups is 1. The molecule has 1 fully saturated rings. The number of aliphatic imine (C=N–C) groups is 1. The number of hydrogen-bond donors (Lipinski definition) is 6. The van der Waals surface area contributed by atoms with E-state index in [0.717, 1.165) is 44.9 Å². The van der Waals surface area contributed by atoms with Crippen LogP contribution in [0.15, 0.2) is 4.99 Å². The third-order valence-corrected chi connectivity index (χ3v) is 6.36. The maximum absolute atomic E-state index is 12.2. The molecule has 1 aromatic rings. The van der Waals surface area contributed by atoms with E-state index in [-0.39, 0.29) is 54.4 Å². The monoisotopic (exact) mass is 529 g/mol. The molecule has 1 heterocycles. The molecular formula is C23H40ClN7O5. The van der Waals surface area contributed by atoms with Crippen molar-refractivity contribution in [3.05, 3.63) is 10.8 Å². The van der Waals surface area contributed by atoms with Gasteiger partial charge in [0.25, 0.3) is 0 Å². The Morgan fingerprint density at radius 1 is 1.11 bits per heavy atom. The number of carbonyl (C=O) groups is 1. The highest BCUT2D eigenvalue weighted by molar-refractivity contribution is 6.31. The SMILES string of the molecule is CCC(O)COCC(O)COC1CCC(CCCCN/C(N)=N/C(=O)c2nc(Cl)c(N)nc2N)CC1. The van der Waals surface area contributed by atoms with E-state index in [4.69, 9.17) is 38.3 Å². The van der Waals surface area contributed by atoms with Crippen molar-refractivity contribution in [3.63, 3.8) is 0 Å². The lowest BCUT2D eigenvalue weighted by Gasteiger charge is -2.29. The number of nitrogens with zero attached hydrogens (tertiary/aromatic N) is 3. The maximum Gasteiger partial charge on any atom is 0.302 e. The fourth-order valence-electron chi connectivity index (χ4n) is 3.92. The molecule has 1 amide bonds. The van der Waals surface area contributed by atoms with E-state index < -0.39 is 18.1 Å². The first kappa shape index (κ1) is 30.0. The number of halogens is 1. The number of aromatic nitrogens is 2. The van der Waals surface area contributed by atoms with Gasteiger partial charge in [-0.25, -0.2) is 9.97 Å². The number of amides is 1. The molecular weight excluding hydrogens is 490 g/mol. The van der Waals surface area contributed by atoms with Crippen LogP contribution in [0.25, 0.3) is 0 Å². The van der Waals surface area contributed by atoms with E-state index in [1.807, 2.05) is 6.92 Å². The Morgan fingerprint density at radius 2 is 1.81 bits per heavy atom. The van der Waals surface area contributed by atoms with Crippen LogP contribution in [0.3, 0.4) is 0 Å². The van der Waals surface area contributed by atoms with Gasteiger partial charge in [0.1, 0.15) is 6.10 Å². The molecule has 2 rings (SSSR count). The average Bonchev–Trinajstić information content (AvgIpc) is 2.85. The summed E-state index contributed by atoms with van der Waals surface area (Å²) >= 11 is 5.78. The molecule has 1 aliphatic rings. The number of nitrogens with two attached hydrogens (primary N) is 3. The number of hydrogen-bond acceptors (Lipinski definition) is 9. The van der Waals surface area contributed by atoms with Gasteiger partial charge in [-0.2, -0.15) is 4.99 Å². The van der Waals surface area contributed by atoms with Crippen molar-refractivity contribution in [1.29, 1.82) is 0 Å². The molecule has 0 aromatic carbocycles. The van der Waals surface area contributed by atoms with Gasteiger partial charge in [0, 0.05) is 6.54 Å². The number of aliphatic hydroxyl groups excluding tert-OH is 2. The van der Waals surface area contributed by atoms with Crippen LogP contribution < -0.4 is 22.5 Å². The van der Waals surface area contributed by atoms with Gasteiger partial charge in [0.05, 0.1) is 32.0 Å². The van der Waals surface area contributed by atoms with E-state index in [0.29, 0.717) is 18.9 Å². The first-order chi connectivity index (χ1) is 17.2. The molecule has 0 spiro atoms. The van der Waals surface area contributed by atoms with Crippen molar-refractivity contribution in [2.24, 2.45) is 16.6 Å². The van der Waals surface area contributed by atoms with Gasteiger partial charge < -0.3 is 42.2 Å². The average molecular weight is 530 g/mol. The lowest BCUT2D eigenvalue weighted by Crippen LogP contribution is -2.33. The molecule has 13 heteroatoms. The van der Waals surface area contributed by atoms with Gasteiger partial charge >= 0.3 is 5.91 Å². The number of unbranched alkanes of at least 4 members (excludes halogenated alkanes) is 1. The molecule has 1 aliphatic carbocycles. The van der Waals surface area contributed by atoms with Gasteiger partial charge in [-0.3, -0.25) is 4.79 Å². The highest BCUT2D eigenvalue weighted by atomic mass is 35.5. The number of aliphatic hydroxyl groups is 2. The summed E-state index contributed by atoms with van der Waals surface area (Å²) in [4.78, 5) is 23.5.